The van der Waals surface area contributed by atoms with E-state index in [2.05, 4.69) is 33.5 Å². The minimum atomic E-state index is -0.170. The molecule has 0 aliphatic rings. The summed E-state index contributed by atoms with van der Waals surface area (Å²) in [4.78, 5) is 20.0. The minimum absolute atomic E-state index is 0.170. The van der Waals surface area contributed by atoms with E-state index in [0.29, 0.717) is 11.3 Å². The van der Waals surface area contributed by atoms with Gasteiger partial charge >= 0.3 is 0 Å². The molecule has 26 heavy (non-hydrogen) atoms. The van der Waals surface area contributed by atoms with E-state index >= 15 is 0 Å². The molecule has 3 rings (SSSR count). The number of nitrogens with zero attached hydrogens (tertiary/aromatic N) is 2. The number of nitriles is 1. The lowest BCUT2D eigenvalue weighted by atomic mass is 10.1. The molecule has 0 aliphatic heterocycles. The molecule has 1 aromatic heterocycles. The first-order valence-corrected chi connectivity index (χ1v) is 9.15. The Labute approximate surface area is 156 Å². The average Bonchev–Trinajstić information content (AvgIpc) is 3.01. The molecule has 2 N–H and O–H groups in total. The molecule has 0 radical (unpaired) electrons. The number of H-pyrrole nitrogens is 1. The van der Waals surface area contributed by atoms with Crippen molar-refractivity contribution >= 4 is 23.4 Å². The smallest absolute Gasteiger partial charge is 0.234 e. The number of aromatic amines is 1. The molecule has 1 amide bonds. The number of anilines is 1. The maximum Gasteiger partial charge on any atom is 0.234 e. The highest BCUT2D eigenvalue weighted by Crippen LogP contribution is 2.20. The summed E-state index contributed by atoms with van der Waals surface area (Å²) in [5.41, 5.74) is 4.16. The summed E-state index contributed by atoms with van der Waals surface area (Å²) in [6.45, 7) is 1.98. The van der Waals surface area contributed by atoms with Crippen LogP contribution in [0, 0.1) is 18.3 Å². The van der Waals surface area contributed by atoms with Crippen LogP contribution in [-0.4, -0.2) is 21.6 Å². The summed E-state index contributed by atoms with van der Waals surface area (Å²) in [5, 5.41) is 12.6. The predicted octanol–water partition coefficient (Wildman–Crippen LogP) is 3.91. The zero-order chi connectivity index (χ0) is 18.4. The summed E-state index contributed by atoms with van der Waals surface area (Å²) < 4.78 is 0. The van der Waals surface area contributed by atoms with Gasteiger partial charge < -0.3 is 10.3 Å². The Morgan fingerprint density at radius 3 is 2.69 bits per heavy atom. The van der Waals surface area contributed by atoms with Gasteiger partial charge in [0.25, 0.3) is 0 Å². The van der Waals surface area contributed by atoms with Crippen LogP contribution in [0.5, 0.6) is 0 Å². The number of thioether (sulfide) groups is 1. The van der Waals surface area contributed by atoms with E-state index < -0.39 is 0 Å². The van der Waals surface area contributed by atoms with Crippen molar-refractivity contribution in [2.45, 2.75) is 18.5 Å². The monoisotopic (exact) mass is 362 g/mol. The van der Waals surface area contributed by atoms with E-state index in [1.54, 1.807) is 24.3 Å². The standard InChI is InChI=1S/C20H18N4OS/c1-14-18(11-15-7-3-2-4-8-15)24-20(22-14)26-13-19(25)23-17-10-6-5-9-16(17)12-21/h2-10H,11,13H2,1H3,(H,22,24)(H,23,25). The van der Waals surface area contributed by atoms with Gasteiger partial charge in [0, 0.05) is 12.1 Å². The Hall–Kier alpha value is -3.04. The molecule has 5 nitrogen and oxygen atoms in total. The summed E-state index contributed by atoms with van der Waals surface area (Å²) in [5.74, 6) is 0.0497. The first-order chi connectivity index (χ1) is 12.7. The first kappa shape index (κ1) is 17.8. The van der Waals surface area contributed by atoms with Crippen LogP contribution < -0.4 is 5.32 Å². The predicted molar refractivity (Wildman–Crippen MR) is 103 cm³/mol. The van der Waals surface area contributed by atoms with Crippen LogP contribution >= 0.6 is 11.8 Å². The van der Waals surface area contributed by atoms with Crippen molar-refractivity contribution in [3.63, 3.8) is 0 Å². The maximum absolute atomic E-state index is 12.2. The fraction of sp³-hybridized carbons (Fsp3) is 0.150. The van der Waals surface area contributed by atoms with E-state index in [-0.39, 0.29) is 11.7 Å². The summed E-state index contributed by atoms with van der Waals surface area (Å²) in [7, 11) is 0. The SMILES string of the molecule is Cc1[nH]c(SCC(=O)Nc2ccccc2C#N)nc1Cc1ccccc1. The molecule has 0 saturated carbocycles. The average molecular weight is 362 g/mol. The van der Waals surface area contributed by atoms with Gasteiger partial charge in [-0.3, -0.25) is 4.79 Å². The van der Waals surface area contributed by atoms with Gasteiger partial charge in [-0.2, -0.15) is 5.26 Å². The molecule has 0 unspecified atom stereocenters. The number of imidazole rings is 1. The van der Waals surface area contributed by atoms with Gasteiger partial charge in [-0.05, 0) is 24.6 Å². The van der Waals surface area contributed by atoms with Gasteiger partial charge in [0.05, 0.1) is 22.7 Å². The van der Waals surface area contributed by atoms with Gasteiger partial charge in [-0.15, -0.1) is 0 Å². The van der Waals surface area contributed by atoms with Crippen molar-refractivity contribution in [3.05, 3.63) is 77.1 Å². The number of aromatic nitrogens is 2. The molecule has 0 spiro atoms. The van der Waals surface area contributed by atoms with Crippen molar-refractivity contribution in [1.29, 1.82) is 5.26 Å². The molecule has 0 bridgehead atoms. The molecule has 3 aromatic rings. The Bertz CT molecular complexity index is 944. The van der Waals surface area contributed by atoms with Crippen LogP contribution in [0.3, 0.4) is 0 Å². The van der Waals surface area contributed by atoms with Gasteiger partial charge in [0.2, 0.25) is 5.91 Å². The van der Waals surface area contributed by atoms with Crippen molar-refractivity contribution in [2.75, 3.05) is 11.1 Å². The number of hydrogen-bond donors (Lipinski definition) is 2. The summed E-state index contributed by atoms with van der Waals surface area (Å²) in [6, 6.07) is 19.2. The van der Waals surface area contributed by atoms with Crippen LogP contribution in [0.15, 0.2) is 59.8 Å². The number of hydrogen-bond acceptors (Lipinski definition) is 4. The number of benzene rings is 2. The number of amides is 1. The Balaban J connectivity index is 1.59. The fourth-order valence-electron chi connectivity index (χ4n) is 2.51. The molecule has 0 fully saturated rings. The summed E-state index contributed by atoms with van der Waals surface area (Å²) in [6.07, 6.45) is 0.755. The molecule has 2 aromatic carbocycles. The van der Waals surface area contributed by atoms with Gasteiger partial charge in [0.1, 0.15) is 6.07 Å². The molecular weight excluding hydrogens is 344 g/mol. The van der Waals surface area contributed by atoms with E-state index in [1.165, 1.54) is 17.3 Å². The lowest BCUT2D eigenvalue weighted by Crippen LogP contribution is -2.15. The third kappa shape index (κ3) is 4.52. The first-order valence-electron chi connectivity index (χ1n) is 8.17. The molecule has 0 saturated heterocycles. The van der Waals surface area contributed by atoms with E-state index in [1.807, 2.05) is 25.1 Å². The van der Waals surface area contributed by atoms with Gasteiger partial charge in [-0.1, -0.05) is 54.2 Å². The number of para-hydroxylation sites is 1. The molecule has 6 heteroatoms. The lowest BCUT2D eigenvalue weighted by molar-refractivity contribution is -0.113. The highest BCUT2D eigenvalue weighted by atomic mass is 32.2. The maximum atomic E-state index is 12.2. The second kappa shape index (κ2) is 8.37. The third-order valence-corrected chi connectivity index (χ3v) is 4.71. The van der Waals surface area contributed by atoms with Crippen molar-refractivity contribution in [1.82, 2.24) is 9.97 Å². The molecule has 1 heterocycles. The van der Waals surface area contributed by atoms with Crippen LogP contribution in [0.2, 0.25) is 0 Å². The molecule has 0 atom stereocenters. The number of carbonyl (C=O) groups is 1. The number of aryl methyl sites for hydroxylation is 1. The summed E-state index contributed by atoms with van der Waals surface area (Å²) >= 11 is 1.35. The van der Waals surface area contributed by atoms with E-state index in [4.69, 9.17) is 5.26 Å². The molecule has 130 valence electrons. The zero-order valence-electron chi connectivity index (χ0n) is 14.3. The van der Waals surface area contributed by atoms with Crippen LogP contribution in [0.25, 0.3) is 0 Å². The van der Waals surface area contributed by atoms with Crippen molar-refractivity contribution in [2.24, 2.45) is 0 Å². The zero-order valence-corrected chi connectivity index (χ0v) is 15.1. The lowest BCUT2D eigenvalue weighted by Gasteiger charge is -2.05. The van der Waals surface area contributed by atoms with Crippen molar-refractivity contribution in [3.8, 4) is 6.07 Å². The highest BCUT2D eigenvalue weighted by Gasteiger charge is 2.11. The Kier molecular flexibility index (Phi) is 5.72. The quantitative estimate of drug-likeness (QED) is 0.651. The minimum Gasteiger partial charge on any atom is -0.337 e. The number of rotatable bonds is 6. The van der Waals surface area contributed by atoms with Gasteiger partial charge in [0.15, 0.2) is 5.16 Å². The Morgan fingerprint density at radius 2 is 1.92 bits per heavy atom. The van der Waals surface area contributed by atoms with Crippen LogP contribution in [-0.2, 0) is 11.2 Å². The number of nitrogens with one attached hydrogen (secondary N) is 2. The molecule has 0 aliphatic carbocycles. The van der Waals surface area contributed by atoms with Crippen LogP contribution in [0.4, 0.5) is 5.69 Å². The normalized spacial score (nSPS) is 10.3. The van der Waals surface area contributed by atoms with E-state index in [0.717, 1.165) is 23.0 Å². The second-order valence-electron chi connectivity index (χ2n) is 5.77. The highest BCUT2D eigenvalue weighted by molar-refractivity contribution is 7.99. The van der Waals surface area contributed by atoms with Crippen molar-refractivity contribution < 1.29 is 4.79 Å². The Morgan fingerprint density at radius 1 is 1.19 bits per heavy atom. The largest absolute Gasteiger partial charge is 0.337 e. The fourth-order valence-corrected chi connectivity index (χ4v) is 3.25. The second-order valence-corrected chi connectivity index (χ2v) is 6.73. The van der Waals surface area contributed by atoms with Crippen LogP contribution in [0.1, 0.15) is 22.5 Å². The van der Waals surface area contributed by atoms with Gasteiger partial charge in [-0.25, -0.2) is 4.98 Å². The number of carbonyl (C=O) groups excluding carboxylic acids is 1. The third-order valence-electron chi connectivity index (χ3n) is 3.84. The topological polar surface area (TPSA) is 81.6 Å². The van der Waals surface area contributed by atoms with E-state index in [9.17, 15) is 4.79 Å². The molecular formula is C20H18N4OS.